The van der Waals surface area contributed by atoms with Gasteiger partial charge in [-0.15, -0.1) is 0 Å². The first-order valence-electron chi connectivity index (χ1n) is 12.5. The summed E-state index contributed by atoms with van der Waals surface area (Å²) in [6.45, 7) is 4.07. The quantitative estimate of drug-likeness (QED) is 0.200. The molecule has 4 aromatic rings. The van der Waals surface area contributed by atoms with Crippen molar-refractivity contribution >= 4 is 60.4 Å². The molecule has 41 heavy (non-hydrogen) atoms. The number of nitrogens with zero attached hydrogens (tertiary/aromatic N) is 3. The van der Waals surface area contributed by atoms with Gasteiger partial charge >= 0.3 is 6.18 Å². The average Bonchev–Trinajstić information content (AvgIpc) is 3.26. The van der Waals surface area contributed by atoms with Crippen LogP contribution in [0.15, 0.2) is 83.3 Å². The van der Waals surface area contributed by atoms with Crippen molar-refractivity contribution in [2.75, 3.05) is 11.4 Å². The second-order valence-electron chi connectivity index (χ2n) is 9.49. The number of ketones is 1. The van der Waals surface area contributed by atoms with Gasteiger partial charge in [-0.05, 0) is 55.8 Å². The van der Waals surface area contributed by atoms with Crippen LogP contribution in [-0.4, -0.2) is 28.0 Å². The van der Waals surface area contributed by atoms with E-state index in [9.17, 15) is 22.8 Å². The van der Waals surface area contributed by atoms with Gasteiger partial charge in [-0.1, -0.05) is 58.4 Å². The van der Waals surface area contributed by atoms with Gasteiger partial charge in [0.15, 0.2) is 5.78 Å². The Bertz CT molecular complexity index is 1540. The highest BCUT2D eigenvalue weighted by Crippen LogP contribution is 2.47. The largest absolute Gasteiger partial charge is 0.416 e. The lowest BCUT2D eigenvalue weighted by molar-refractivity contribution is -0.137. The molecule has 5 nitrogen and oxygen atoms in total. The zero-order chi connectivity index (χ0) is 27.9. The SMILES string of the molecule is CCN1C(=O)[C@@H](CC(=O)c2cccc(C(F)(F)F)c2)[C@@H](c2ccc(Br)cc2)c2c(C)nn(-c3ccccc3)c21.S.S. The number of carbonyl (C=O) groups is 2. The van der Waals surface area contributed by atoms with E-state index in [-0.39, 0.29) is 44.9 Å². The Morgan fingerprint density at radius 1 is 0.976 bits per heavy atom. The fraction of sp³-hybridized carbons (Fsp3) is 0.233. The highest BCUT2D eigenvalue weighted by molar-refractivity contribution is 9.10. The van der Waals surface area contributed by atoms with Crippen LogP contribution in [0.5, 0.6) is 0 Å². The van der Waals surface area contributed by atoms with E-state index in [1.807, 2.05) is 68.4 Å². The Hall–Kier alpha value is -3.02. The number of aromatic nitrogens is 2. The number of hydrogen-bond donors (Lipinski definition) is 0. The molecule has 0 saturated carbocycles. The summed E-state index contributed by atoms with van der Waals surface area (Å²) >= 11 is 3.45. The lowest BCUT2D eigenvalue weighted by atomic mass is 9.74. The minimum atomic E-state index is -4.58. The van der Waals surface area contributed by atoms with E-state index in [1.165, 1.54) is 12.1 Å². The topological polar surface area (TPSA) is 55.2 Å². The van der Waals surface area contributed by atoms with Gasteiger partial charge in [0, 0.05) is 34.5 Å². The minimum Gasteiger partial charge on any atom is -0.296 e. The van der Waals surface area contributed by atoms with Crippen LogP contribution in [0, 0.1) is 12.8 Å². The van der Waals surface area contributed by atoms with E-state index in [0.717, 1.165) is 33.4 Å². The van der Waals surface area contributed by atoms with Crippen molar-refractivity contribution in [1.82, 2.24) is 9.78 Å². The van der Waals surface area contributed by atoms with Crippen molar-refractivity contribution in [2.45, 2.75) is 32.4 Å². The number of carbonyl (C=O) groups excluding carboxylic acids is 2. The van der Waals surface area contributed by atoms with Crippen LogP contribution in [0.25, 0.3) is 5.69 Å². The molecular weight excluding hydrogens is 635 g/mol. The number of hydrogen-bond acceptors (Lipinski definition) is 3. The molecule has 1 amide bonds. The van der Waals surface area contributed by atoms with E-state index in [1.54, 1.807) is 9.58 Å². The van der Waals surface area contributed by atoms with E-state index < -0.39 is 29.4 Å². The molecule has 3 aromatic carbocycles. The number of aryl methyl sites for hydroxylation is 1. The summed E-state index contributed by atoms with van der Waals surface area (Å²) in [5.74, 6) is -1.49. The van der Waals surface area contributed by atoms with Crippen LogP contribution in [0.4, 0.5) is 19.0 Å². The zero-order valence-corrected chi connectivity index (χ0v) is 25.8. The Labute approximate surface area is 258 Å². The number of halogens is 4. The lowest BCUT2D eigenvalue weighted by Gasteiger charge is -2.38. The normalized spacial score (nSPS) is 16.4. The molecule has 0 N–H and O–H groups in total. The van der Waals surface area contributed by atoms with Crippen molar-refractivity contribution in [3.63, 3.8) is 0 Å². The molecule has 2 heterocycles. The molecule has 0 fully saturated rings. The van der Waals surface area contributed by atoms with E-state index in [2.05, 4.69) is 15.9 Å². The van der Waals surface area contributed by atoms with Crippen molar-refractivity contribution in [3.8, 4) is 5.69 Å². The number of rotatable bonds is 6. The van der Waals surface area contributed by atoms with Crippen LogP contribution >= 0.6 is 42.9 Å². The first-order valence-corrected chi connectivity index (χ1v) is 13.3. The fourth-order valence-electron chi connectivity index (χ4n) is 5.31. The molecule has 1 aliphatic heterocycles. The molecule has 0 spiro atoms. The molecule has 1 aliphatic rings. The Morgan fingerprint density at radius 3 is 2.24 bits per heavy atom. The van der Waals surface area contributed by atoms with Crippen LogP contribution in [0.3, 0.4) is 0 Å². The summed E-state index contributed by atoms with van der Waals surface area (Å²) in [6.07, 6.45) is -4.82. The molecule has 0 aliphatic carbocycles. The molecule has 5 rings (SSSR count). The van der Waals surface area contributed by atoms with Crippen LogP contribution in [0.2, 0.25) is 0 Å². The number of alkyl halides is 3. The summed E-state index contributed by atoms with van der Waals surface area (Å²) in [6, 6.07) is 21.4. The number of fused-ring (bicyclic) bond motifs is 1. The molecule has 216 valence electrons. The molecule has 0 bridgehead atoms. The van der Waals surface area contributed by atoms with Gasteiger partial charge in [-0.3, -0.25) is 14.5 Å². The zero-order valence-electron chi connectivity index (χ0n) is 22.2. The van der Waals surface area contributed by atoms with E-state index in [4.69, 9.17) is 5.10 Å². The van der Waals surface area contributed by atoms with Gasteiger partial charge < -0.3 is 0 Å². The molecular formula is C30H29BrF3N3O2S2. The maximum absolute atomic E-state index is 14.1. The van der Waals surface area contributed by atoms with Crippen molar-refractivity contribution in [3.05, 3.63) is 111 Å². The highest BCUT2D eigenvalue weighted by atomic mass is 79.9. The standard InChI is InChI=1S/C30H25BrF3N3O2.2H2S/c1-3-36-28-26(18(2)35-37(28)23-10-5-4-6-11-23)27(19-12-14-22(31)15-13-19)24(29(36)39)17-25(38)20-8-7-9-21(16-20)30(32,33)34;;/h4-16,24,27H,3,17H2,1-2H3;2*1H2/t24-,27+;;/m0../s1. The highest BCUT2D eigenvalue weighted by Gasteiger charge is 2.45. The third-order valence-corrected chi connectivity index (χ3v) is 7.63. The lowest BCUT2D eigenvalue weighted by Crippen LogP contribution is -2.45. The van der Waals surface area contributed by atoms with Crippen LogP contribution in [0.1, 0.15) is 52.0 Å². The predicted molar refractivity (Wildman–Crippen MR) is 167 cm³/mol. The summed E-state index contributed by atoms with van der Waals surface area (Å²) in [4.78, 5) is 29.1. The smallest absolute Gasteiger partial charge is 0.296 e. The summed E-state index contributed by atoms with van der Waals surface area (Å²) in [5, 5.41) is 4.80. The maximum atomic E-state index is 14.1. The van der Waals surface area contributed by atoms with Crippen molar-refractivity contribution in [2.24, 2.45) is 5.92 Å². The van der Waals surface area contributed by atoms with Gasteiger partial charge in [0.2, 0.25) is 5.91 Å². The molecule has 2 atom stereocenters. The van der Waals surface area contributed by atoms with Crippen molar-refractivity contribution < 1.29 is 22.8 Å². The number of para-hydroxylation sites is 1. The summed E-state index contributed by atoms with van der Waals surface area (Å²) < 4.78 is 42.6. The minimum absolute atomic E-state index is 0. The Kier molecular flexibility index (Phi) is 10.2. The summed E-state index contributed by atoms with van der Waals surface area (Å²) in [7, 11) is 0. The van der Waals surface area contributed by atoms with Gasteiger partial charge in [0.1, 0.15) is 5.82 Å². The number of anilines is 1. The second-order valence-corrected chi connectivity index (χ2v) is 10.4. The molecule has 0 unspecified atom stereocenters. The van der Waals surface area contributed by atoms with E-state index >= 15 is 0 Å². The number of benzene rings is 3. The van der Waals surface area contributed by atoms with Gasteiger partial charge in [0.05, 0.1) is 22.9 Å². The second kappa shape index (κ2) is 12.9. The Balaban J connectivity index is 0.00000231. The molecule has 1 aromatic heterocycles. The monoisotopic (exact) mass is 663 g/mol. The predicted octanol–water partition coefficient (Wildman–Crippen LogP) is 7.58. The fourth-order valence-corrected chi connectivity index (χ4v) is 5.58. The summed E-state index contributed by atoms with van der Waals surface area (Å²) in [5.41, 5.74) is 2.18. The van der Waals surface area contributed by atoms with Gasteiger partial charge in [-0.25, -0.2) is 4.68 Å². The van der Waals surface area contributed by atoms with Crippen LogP contribution < -0.4 is 4.90 Å². The third kappa shape index (κ3) is 6.27. The maximum Gasteiger partial charge on any atom is 0.416 e. The number of amides is 1. The first kappa shape index (κ1) is 32.5. The van der Waals surface area contributed by atoms with Gasteiger partial charge in [-0.2, -0.15) is 45.3 Å². The van der Waals surface area contributed by atoms with E-state index in [0.29, 0.717) is 18.1 Å². The number of Topliss-reactive ketones (excluding diaryl/α,β-unsaturated/α-hetero) is 1. The Morgan fingerprint density at radius 2 is 1.63 bits per heavy atom. The average molecular weight is 665 g/mol. The third-order valence-electron chi connectivity index (χ3n) is 7.10. The first-order chi connectivity index (χ1) is 18.6. The van der Waals surface area contributed by atoms with Gasteiger partial charge in [0.25, 0.3) is 0 Å². The van der Waals surface area contributed by atoms with Crippen molar-refractivity contribution in [1.29, 1.82) is 0 Å². The molecule has 0 saturated heterocycles. The molecule has 0 radical (unpaired) electrons. The molecule has 11 heteroatoms. The van der Waals surface area contributed by atoms with Crippen LogP contribution in [-0.2, 0) is 11.0 Å².